The summed E-state index contributed by atoms with van der Waals surface area (Å²) in [6.45, 7) is 6.75. The number of halogens is 1. The highest BCUT2D eigenvalue weighted by Gasteiger charge is 2.27. The lowest BCUT2D eigenvalue weighted by Gasteiger charge is -2.35. The molecule has 0 aromatic carbocycles. The monoisotopic (exact) mass is 252 g/mol. The van der Waals surface area contributed by atoms with E-state index in [9.17, 15) is 0 Å². The number of aryl methyl sites for hydroxylation is 1. The highest BCUT2D eigenvalue weighted by atomic mass is 35.5. The Kier molecular flexibility index (Phi) is 3.93. The van der Waals surface area contributed by atoms with Gasteiger partial charge in [0, 0.05) is 12.2 Å². The lowest BCUT2D eigenvalue weighted by atomic mass is 9.78. The molecule has 1 aliphatic carbocycles. The van der Waals surface area contributed by atoms with Gasteiger partial charge in [0.05, 0.1) is 5.69 Å². The number of anilines is 1. The quantitative estimate of drug-likeness (QED) is 0.795. The van der Waals surface area contributed by atoms with Crippen LogP contribution < -0.4 is 5.32 Å². The molecule has 1 aromatic rings. The van der Waals surface area contributed by atoms with Gasteiger partial charge in [-0.3, -0.25) is 0 Å². The fourth-order valence-corrected chi connectivity index (χ4v) is 2.93. The highest BCUT2D eigenvalue weighted by molar-refractivity contribution is 6.32. The van der Waals surface area contributed by atoms with E-state index in [-0.39, 0.29) is 0 Å². The number of pyridine rings is 1. The average Bonchev–Trinajstić information content (AvgIpc) is 2.29. The van der Waals surface area contributed by atoms with Crippen LogP contribution in [0.2, 0.25) is 5.15 Å². The summed E-state index contributed by atoms with van der Waals surface area (Å²) in [4.78, 5) is 4.15. The Morgan fingerprint density at radius 1 is 1.35 bits per heavy atom. The van der Waals surface area contributed by atoms with Crippen molar-refractivity contribution in [1.29, 1.82) is 0 Å². The molecule has 0 aliphatic heterocycles. The number of hydrogen-bond donors (Lipinski definition) is 1. The van der Waals surface area contributed by atoms with Crippen LogP contribution in [0, 0.1) is 18.8 Å². The molecule has 1 aliphatic rings. The predicted octanol–water partition coefficient (Wildman–Crippen LogP) is 4.28. The summed E-state index contributed by atoms with van der Waals surface area (Å²) in [7, 11) is 0. The van der Waals surface area contributed by atoms with Gasteiger partial charge in [-0.05, 0) is 36.8 Å². The first kappa shape index (κ1) is 12.7. The second-order valence-corrected chi connectivity index (χ2v) is 5.67. The van der Waals surface area contributed by atoms with Crippen LogP contribution in [-0.4, -0.2) is 11.0 Å². The third-order valence-corrected chi connectivity index (χ3v) is 4.44. The molecule has 0 bridgehead atoms. The zero-order valence-corrected chi connectivity index (χ0v) is 11.6. The third kappa shape index (κ3) is 2.74. The van der Waals surface area contributed by atoms with E-state index in [1.807, 2.05) is 6.07 Å². The SMILES string of the molecule is Cc1ccnc(Cl)c1NC1CCCC(C)C1C. The van der Waals surface area contributed by atoms with Crippen LogP contribution in [-0.2, 0) is 0 Å². The molecule has 94 valence electrons. The van der Waals surface area contributed by atoms with Crippen molar-refractivity contribution in [2.75, 3.05) is 5.32 Å². The Morgan fingerprint density at radius 2 is 2.12 bits per heavy atom. The molecule has 1 fully saturated rings. The third-order valence-electron chi connectivity index (χ3n) is 4.15. The first-order valence-corrected chi connectivity index (χ1v) is 6.85. The topological polar surface area (TPSA) is 24.9 Å². The molecule has 0 amide bonds. The molecule has 17 heavy (non-hydrogen) atoms. The van der Waals surface area contributed by atoms with Gasteiger partial charge in [0.2, 0.25) is 0 Å². The van der Waals surface area contributed by atoms with Gasteiger partial charge >= 0.3 is 0 Å². The maximum absolute atomic E-state index is 6.16. The molecule has 1 saturated carbocycles. The maximum atomic E-state index is 6.16. The largest absolute Gasteiger partial charge is 0.379 e. The van der Waals surface area contributed by atoms with E-state index in [2.05, 4.69) is 31.1 Å². The van der Waals surface area contributed by atoms with E-state index in [0.29, 0.717) is 17.1 Å². The van der Waals surface area contributed by atoms with Crippen LogP contribution in [0.15, 0.2) is 12.3 Å². The molecule has 0 saturated heterocycles. The lowest BCUT2D eigenvalue weighted by Crippen LogP contribution is -2.35. The Morgan fingerprint density at radius 3 is 2.82 bits per heavy atom. The van der Waals surface area contributed by atoms with E-state index in [0.717, 1.165) is 11.6 Å². The Labute approximate surface area is 109 Å². The van der Waals surface area contributed by atoms with Crippen LogP contribution in [0.3, 0.4) is 0 Å². The van der Waals surface area contributed by atoms with Crippen molar-refractivity contribution in [2.24, 2.45) is 11.8 Å². The molecule has 3 unspecified atom stereocenters. The summed E-state index contributed by atoms with van der Waals surface area (Å²) in [5.74, 6) is 1.48. The van der Waals surface area contributed by atoms with Gasteiger partial charge in [-0.2, -0.15) is 0 Å². The van der Waals surface area contributed by atoms with Crippen molar-refractivity contribution < 1.29 is 0 Å². The molecule has 1 aromatic heterocycles. The normalized spacial score (nSPS) is 29.1. The lowest BCUT2D eigenvalue weighted by molar-refractivity contribution is 0.253. The van der Waals surface area contributed by atoms with Crippen molar-refractivity contribution >= 4 is 17.3 Å². The number of rotatable bonds is 2. The average molecular weight is 253 g/mol. The molecule has 0 spiro atoms. The van der Waals surface area contributed by atoms with Crippen molar-refractivity contribution in [2.45, 2.75) is 46.1 Å². The zero-order valence-electron chi connectivity index (χ0n) is 10.8. The fourth-order valence-electron chi connectivity index (χ4n) is 2.67. The van der Waals surface area contributed by atoms with Crippen LogP contribution in [0.1, 0.15) is 38.7 Å². The van der Waals surface area contributed by atoms with Crippen LogP contribution in [0.5, 0.6) is 0 Å². The highest BCUT2D eigenvalue weighted by Crippen LogP contribution is 2.33. The number of aromatic nitrogens is 1. The van der Waals surface area contributed by atoms with E-state index in [1.165, 1.54) is 24.8 Å². The molecule has 3 atom stereocenters. The van der Waals surface area contributed by atoms with Crippen LogP contribution in [0.25, 0.3) is 0 Å². The molecule has 3 heteroatoms. The summed E-state index contributed by atoms with van der Waals surface area (Å²) in [6, 6.07) is 2.53. The minimum absolute atomic E-state index is 0.527. The van der Waals surface area contributed by atoms with Crippen LogP contribution in [0.4, 0.5) is 5.69 Å². The Balaban J connectivity index is 2.15. The van der Waals surface area contributed by atoms with Gasteiger partial charge in [0.25, 0.3) is 0 Å². The minimum Gasteiger partial charge on any atom is -0.379 e. The van der Waals surface area contributed by atoms with Gasteiger partial charge in [-0.1, -0.05) is 38.3 Å². The number of nitrogens with zero attached hydrogens (tertiary/aromatic N) is 1. The summed E-state index contributed by atoms with van der Waals surface area (Å²) < 4.78 is 0. The van der Waals surface area contributed by atoms with Crippen molar-refractivity contribution in [3.8, 4) is 0 Å². The van der Waals surface area contributed by atoms with Gasteiger partial charge in [0.1, 0.15) is 0 Å². The molecule has 1 heterocycles. The van der Waals surface area contributed by atoms with Gasteiger partial charge in [-0.15, -0.1) is 0 Å². The summed E-state index contributed by atoms with van der Waals surface area (Å²) in [5, 5.41) is 4.20. The molecular formula is C14H21ClN2. The summed E-state index contributed by atoms with van der Waals surface area (Å²) >= 11 is 6.16. The van der Waals surface area contributed by atoms with Crippen molar-refractivity contribution in [3.63, 3.8) is 0 Å². The molecular weight excluding hydrogens is 232 g/mol. The van der Waals surface area contributed by atoms with Crippen molar-refractivity contribution in [3.05, 3.63) is 23.0 Å². The zero-order chi connectivity index (χ0) is 12.4. The minimum atomic E-state index is 0.527. The summed E-state index contributed by atoms with van der Waals surface area (Å²) in [6.07, 6.45) is 5.64. The van der Waals surface area contributed by atoms with E-state index in [4.69, 9.17) is 11.6 Å². The molecule has 2 rings (SSSR count). The van der Waals surface area contributed by atoms with Gasteiger partial charge in [0.15, 0.2) is 5.15 Å². The molecule has 1 N–H and O–H groups in total. The van der Waals surface area contributed by atoms with Gasteiger partial charge < -0.3 is 5.32 Å². The van der Waals surface area contributed by atoms with E-state index >= 15 is 0 Å². The standard InChI is InChI=1S/C14H21ClN2/c1-9-5-4-6-12(11(9)3)17-13-10(2)7-8-16-14(13)15/h7-9,11-12,17H,4-6H2,1-3H3. The smallest absolute Gasteiger partial charge is 0.152 e. The van der Waals surface area contributed by atoms with E-state index in [1.54, 1.807) is 6.20 Å². The van der Waals surface area contributed by atoms with E-state index < -0.39 is 0 Å². The maximum Gasteiger partial charge on any atom is 0.152 e. The van der Waals surface area contributed by atoms with Crippen LogP contribution >= 0.6 is 11.6 Å². The van der Waals surface area contributed by atoms with Crippen molar-refractivity contribution in [1.82, 2.24) is 4.98 Å². The predicted molar refractivity (Wildman–Crippen MR) is 73.6 cm³/mol. The molecule has 2 nitrogen and oxygen atoms in total. The summed E-state index contributed by atoms with van der Waals surface area (Å²) in [5.41, 5.74) is 2.19. The Hall–Kier alpha value is -0.760. The first-order valence-electron chi connectivity index (χ1n) is 6.47. The number of hydrogen-bond acceptors (Lipinski definition) is 2. The second-order valence-electron chi connectivity index (χ2n) is 5.31. The molecule has 0 radical (unpaired) electrons. The Bertz CT molecular complexity index is 372. The van der Waals surface area contributed by atoms with Gasteiger partial charge in [-0.25, -0.2) is 4.98 Å². The first-order chi connectivity index (χ1) is 8.09. The number of nitrogens with one attached hydrogen (secondary N) is 1. The second kappa shape index (κ2) is 5.26. The fraction of sp³-hybridized carbons (Fsp3) is 0.643.